The van der Waals surface area contributed by atoms with Crippen LogP contribution in [0.4, 0.5) is 0 Å². The van der Waals surface area contributed by atoms with E-state index in [0.717, 1.165) is 22.4 Å². The Morgan fingerprint density at radius 2 is 0.864 bits per heavy atom. The van der Waals surface area contributed by atoms with E-state index in [1.807, 2.05) is 0 Å². The van der Waals surface area contributed by atoms with Crippen molar-refractivity contribution >= 4 is 31.1 Å². The quantitative estimate of drug-likeness (QED) is 0.112. The molecule has 44 heavy (non-hydrogen) atoms. The largest absolute Gasteiger partial charge is 2.00 e. The predicted octanol–water partition coefficient (Wildman–Crippen LogP) is 12.3. The molecule has 0 amide bonds. The van der Waals surface area contributed by atoms with Gasteiger partial charge in [0.2, 0.25) is 0 Å². The molecule has 0 aromatic heterocycles. The summed E-state index contributed by atoms with van der Waals surface area (Å²) in [5, 5.41) is 5.54. The zero-order valence-electron chi connectivity index (χ0n) is 27.6. The van der Waals surface area contributed by atoms with Crippen LogP contribution in [0.1, 0.15) is 62.8 Å². The van der Waals surface area contributed by atoms with Crippen molar-refractivity contribution in [1.82, 2.24) is 0 Å². The predicted molar refractivity (Wildman–Crippen MR) is 194 cm³/mol. The Morgan fingerprint density at radius 3 is 1.23 bits per heavy atom. The van der Waals surface area contributed by atoms with Crippen LogP contribution in [-0.2, 0) is 51.9 Å². The number of aryl methyl sites for hydroxylation is 4. The third-order valence-corrected chi connectivity index (χ3v) is 8.08. The van der Waals surface area contributed by atoms with Gasteiger partial charge >= 0.3 is 26.2 Å². The molecule has 0 nitrogen and oxygen atoms in total. The summed E-state index contributed by atoms with van der Waals surface area (Å²) < 4.78 is 0. The summed E-state index contributed by atoms with van der Waals surface area (Å²) in [6.07, 6.45) is 6.91. The van der Waals surface area contributed by atoms with Gasteiger partial charge in [0.15, 0.2) is 0 Å². The van der Waals surface area contributed by atoms with Crippen molar-refractivity contribution in [3.8, 4) is 22.3 Å². The number of hydrogen-bond donors (Lipinski definition) is 0. The normalized spacial score (nSPS) is 10.5. The minimum atomic E-state index is 0. The standard InChI is InChI=1S/2C20H21.C2H6Si.Zr/c2*1-3-8-15-13-17-10-7-12-19(20(17)14-15)18-11-6-5-9-16(18)4-2;1-3-2;/h2*5-7,9-14H,3-4,8H2,1-2H3;1-2H3;/q2*-1;;+2. The van der Waals surface area contributed by atoms with Gasteiger partial charge in [0.05, 0.1) is 0 Å². The van der Waals surface area contributed by atoms with Crippen LogP contribution in [0.25, 0.3) is 43.8 Å². The topological polar surface area (TPSA) is 0 Å². The Balaban J connectivity index is 0.000000216. The zero-order valence-corrected chi connectivity index (χ0v) is 31.1. The maximum Gasteiger partial charge on any atom is 2.00 e. The Morgan fingerprint density at radius 1 is 0.500 bits per heavy atom. The number of benzene rings is 4. The molecular formula is C42H48SiZr. The molecule has 2 radical (unpaired) electrons. The monoisotopic (exact) mass is 670 g/mol. The second kappa shape index (κ2) is 18.2. The van der Waals surface area contributed by atoms with E-state index in [0.29, 0.717) is 0 Å². The molecule has 6 rings (SSSR count). The maximum atomic E-state index is 2.38. The summed E-state index contributed by atoms with van der Waals surface area (Å²) in [5.41, 5.74) is 11.3. The van der Waals surface area contributed by atoms with E-state index in [1.54, 1.807) is 0 Å². The first-order valence-electron chi connectivity index (χ1n) is 16.2. The van der Waals surface area contributed by atoms with Crippen LogP contribution in [-0.4, -0.2) is 9.52 Å². The molecule has 0 aliphatic heterocycles. The summed E-state index contributed by atoms with van der Waals surface area (Å²) >= 11 is 0. The molecule has 2 heteroatoms. The number of fused-ring (bicyclic) bond motifs is 2. The summed E-state index contributed by atoms with van der Waals surface area (Å²) in [6, 6.07) is 40.3. The van der Waals surface area contributed by atoms with E-state index >= 15 is 0 Å². The molecule has 0 bridgehead atoms. The maximum absolute atomic E-state index is 2.38. The average Bonchev–Trinajstić information content (AvgIpc) is 3.65. The smallest absolute Gasteiger partial charge is 0.164 e. The van der Waals surface area contributed by atoms with Crippen LogP contribution in [0.5, 0.6) is 0 Å². The van der Waals surface area contributed by atoms with Crippen molar-refractivity contribution in [3.05, 3.63) is 131 Å². The SMILES string of the molecule is CCCc1cc2c(-c3ccccc3CC)cccc2[cH-]1.CCCc1cc2c(-c3ccccc3CC)cccc2[cH-]1.C[Si]C.[Zr+2]. The van der Waals surface area contributed by atoms with Crippen LogP contribution >= 0.6 is 0 Å². The van der Waals surface area contributed by atoms with Gasteiger partial charge in [-0.15, -0.1) is 69.1 Å². The van der Waals surface area contributed by atoms with Crippen LogP contribution in [0, 0.1) is 0 Å². The molecule has 0 saturated carbocycles. The first kappa shape index (κ1) is 35.7. The van der Waals surface area contributed by atoms with Gasteiger partial charge in [-0.3, -0.25) is 0 Å². The van der Waals surface area contributed by atoms with Gasteiger partial charge < -0.3 is 0 Å². The summed E-state index contributed by atoms with van der Waals surface area (Å²) in [7, 11) is 1.08. The van der Waals surface area contributed by atoms with E-state index in [4.69, 9.17) is 0 Å². The minimum absolute atomic E-state index is 0. The Labute approximate surface area is 288 Å². The second-order valence-corrected chi connectivity index (χ2v) is 12.4. The van der Waals surface area contributed by atoms with E-state index in [9.17, 15) is 0 Å². The molecule has 0 unspecified atom stereocenters. The third kappa shape index (κ3) is 8.68. The fourth-order valence-corrected chi connectivity index (χ4v) is 6.11. The third-order valence-electron chi connectivity index (χ3n) is 8.08. The first-order chi connectivity index (χ1) is 21.1. The van der Waals surface area contributed by atoms with Gasteiger partial charge in [-0.05, 0) is 47.9 Å². The van der Waals surface area contributed by atoms with Crippen LogP contribution in [0.3, 0.4) is 0 Å². The van der Waals surface area contributed by atoms with Gasteiger partial charge in [0.1, 0.15) is 0 Å². The fraction of sp³-hybridized carbons (Fsp3) is 0.286. The van der Waals surface area contributed by atoms with Crippen molar-refractivity contribution in [2.24, 2.45) is 0 Å². The van der Waals surface area contributed by atoms with Gasteiger partial charge in [0.25, 0.3) is 0 Å². The Kier molecular flexibility index (Phi) is 14.8. The molecule has 0 fully saturated rings. The van der Waals surface area contributed by atoms with Crippen molar-refractivity contribution in [3.63, 3.8) is 0 Å². The van der Waals surface area contributed by atoms with E-state index in [2.05, 4.69) is 150 Å². The molecule has 6 aromatic rings. The zero-order chi connectivity index (χ0) is 30.6. The second-order valence-electron chi connectivity index (χ2n) is 11.4. The average molecular weight is 672 g/mol. The van der Waals surface area contributed by atoms with Gasteiger partial charge in [0, 0.05) is 9.52 Å². The molecule has 224 valence electrons. The van der Waals surface area contributed by atoms with E-state index < -0.39 is 0 Å². The summed E-state index contributed by atoms with van der Waals surface area (Å²) in [5.74, 6) is 0. The van der Waals surface area contributed by atoms with Gasteiger partial charge in [-0.2, -0.15) is 12.1 Å². The van der Waals surface area contributed by atoms with Gasteiger partial charge in [-0.25, -0.2) is 0 Å². The molecule has 6 aromatic carbocycles. The molecule has 0 aliphatic carbocycles. The van der Waals surface area contributed by atoms with E-state index in [-0.39, 0.29) is 26.2 Å². The Bertz CT molecular complexity index is 1590. The molecule has 0 spiro atoms. The molecule has 0 atom stereocenters. The molecule has 0 N–H and O–H groups in total. The van der Waals surface area contributed by atoms with Crippen molar-refractivity contribution < 1.29 is 26.2 Å². The number of rotatable bonds is 8. The van der Waals surface area contributed by atoms with Crippen LogP contribution in [0.15, 0.2) is 109 Å². The van der Waals surface area contributed by atoms with Crippen LogP contribution < -0.4 is 0 Å². The van der Waals surface area contributed by atoms with Crippen molar-refractivity contribution in [2.75, 3.05) is 0 Å². The summed E-state index contributed by atoms with van der Waals surface area (Å²) in [6.45, 7) is 13.2. The molecule has 0 heterocycles. The molecule has 0 saturated heterocycles. The first-order valence-corrected chi connectivity index (χ1v) is 18.2. The number of hydrogen-bond acceptors (Lipinski definition) is 0. The summed E-state index contributed by atoms with van der Waals surface area (Å²) in [4.78, 5) is 0. The Hall–Kier alpha value is -2.80. The minimum Gasteiger partial charge on any atom is -0.164 e. The van der Waals surface area contributed by atoms with Crippen molar-refractivity contribution in [1.29, 1.82) is 0 Å². The molecule has 0 aliphatic rings. The van der Waals surface area contributed by atoms with Crippen molar-refractivity contribution in [2.45, 2.75) is 79.3 Å². The molecular weight excluding hydrogens is 624 g/mol. The fourth-order valence-electron chi connectivity index (χ4n) is 6.11. The van der Waals surface area contributed by atoms with E-state index in [1.165, 1.54) is 91.7 Å². The van der Waals surface area contributed by atoms with Gasteiger partial charge in [-0.1, -0.05) is 125 Å². The van der Waals surface area contributed by atoms with Crippen LogP contribution in [0.2, 0.25) is 13.1 Å².